The fourth-order valence-electron chi connectivity index (χ4n) is 2.38. The first-order chi connectivity index (χ1) is 7.24. The SMILES string of the molecule is CN(C)CCN(CCO)C1CCCCC1. The standard InChI is InChI=1S/C12H26N2O/c1-13(2)8-9-14(10-11-15)12-6-4-3-5-7-12/h12,15H,3-11H2,1-2H3. The van der Waals surface area contributed by atoms with Crippen molar-refractivity contribution >= 4 is 0 Å². The second kappa shape index (κ2) is 7.20. The zero-order valence-corrected chi connectivity index (χ0v) is 10.3. The summed E-state index contributed by atoms with van der Waals surface area (Å²) in [6.45, 7) is 3.33. The number of likely N-dealkylation sites (N-methyl/N-ethyl adjacent to an activating group) is 1. The molecule has 0 aromatic heterocycles. The zero-order chi connectivity index (χ0) is 11.1. The van der Waals surface area contributed by atoms with Crippen LogP contribution in [0, 0.1) is 0 Å². The number of nitrogens with zero attached hydrogens (tertiary/aromatic N) is 2. The molecule has 3 nitrogen and oxygen atoms in total. The Balaban J connectivity index is 2.33. The number of hydrogen-bond acceptors (Lipinski definition) is 3. The van der Waals surface area contributed by atoms with Crippen molar-refractivity contribution in [2.24, 2.45) is 0 Å². The molecule has 0 aromatic rings. The average molecular weight is 214 g/mol. The third kappa shape index (κ3) is 4.96. The maximum atomic E-state index is 9.08. The van der Waals surface area contributed by atoms with E-state index in [-0.39, 0.29) is 0 Å². The molecule has 0 spiro atoms. The Labute approximate surface area is 94.1 Å². The lowest BCUT2D eigenvalue weighted by molar-refractivity contribution is 0.115. The lowest BCUT2D eigenvalue weighted by Crippen LogP contribution is -2.42. The minimum atomic E-state index is 0.296. The summed E-state index contributed by atoms with van der Waals surface area (Å²) in [5.74, 6) is 0. The largest absolute Gasteiger partial charge is 0.395 e. The molecule has 0 heterocycles. The van der Waals surface area contributed by atoms with Gasteiger partial charge in [-0.15, -0.1) is 0 Å². The Morgan fingerprint density at radius 1 is 1.00 bits per heavy atom. The van der Waals surface area contributed by atoms with E-state index >= 15 is 0 Å². The third-order valence-corrected chi connectivity index (χ3v) is 3.31. The lowest BCUT2D eigenvalue weighted by Gasteiger charge is -2.34. The highest BCUT2D eigenvalue weighted by atomic mass is 16.3. The Bertz CT molecular complexity index is 156. The second-order valence-corrected chi connectivity index (χ2v) is 4.85. The van der Waals surface area contributed by atoms with Crippen molar-refractivity contribution in [3.8, 4) is 0 Å². The van der Waals surface area contributed by atoms with Gasteiger partial charge in [-0.3, -0.25) is 4.90 Å². The summed E-state index contributed by atoms with van der Waals surface area (Å²) >= 11 is 0. The number of rotatable bonds is 6. The quantitative estimate of drug-likeness (QED) is 0.719. The molecule has 15 heavy (non-hydrogen) atoms. The molecule has 0 unspecified atom stereocenters. The highest BCUT2D eigenvalue weighted by Crippen LogP contribution is 2.22. The monoisotopic (exact) mass is 214 g/mol. The topological polar surface area (TPSA) is 26.7 Å². The van der Waals surface area contributed by atoms with Crippen molar-refractivity contribution in [2.45, 2.75) is 38.1 Å². The molecule has 0 radical (unpaired) electrons. The molecule has 1 aliphatic rings. The number of aliphatic hydroxyl groups excluding tert-OH is 1. The van der Waals surface area contributed by atoms with Gasteiger partial charge in [-0.2, -0.15) is 0 Å². The molecule has 1 N–H and O–H groups in total. The number of hydrogen-bond donors (Lipinski definition) is 1. The van der Waals surface area contributed by atoms with Crippen molar-refractivity contribution in [3.05, 3.63) is 0 Å². The van der Waals surface area contributed by atoms with Crippen LogP contribution >= 0.6 is 0 Å². The first-order valence-corrected chi connectivity index (χ1v) is 6.23. The highest BCUT2D eigenvalue weighted by Gasteiger charge is 2.20. The van der Waals surface area contributed by atoms with Gasteiger partial charge in [-0.05, 0) is 26.9 Å². The Morgan fingerprint density at radius 3 is 2.20 bits per heavy atom. The van der Waals surface area contributed by atoms with Gasteiger partial charge in [-0.25, -0.2) is 0 Å². The molecule has 1 saturated carbocycles. The lowest BCUT2D eigenvalue weighted by atomic mass is 9.94. The van der Waals surface area contributed by atoms with Gasteiger partial charge in [0.1, 0.15) is 0 Å². The maximum absolute atomic E-state index is 9.08. The molecule has 0 amide bonds. The summed E-state index contributed by atoms with van der Waals surface area (Å²) in [5, 5.41) is 9.08. The van der Waals surface area contributed by atoms with Gasteiger partial charge >= 0.3 is 0 Å². The van der Waals surface area contributed by atoms with Crippen LogP contribution in [-0.2, 0) is 0 Å². The van der Waals surface area contributed by atoms with E-state index in [0.29, 0.717) is 6.61 Å². The summed E-state index contributed by atoms with van der Waals surface area (Å²) in [6.07, 6.45) is 6.79. The molecule has 1 rings (SSSR count). The van der Waals surface area contributed by atoms with Gasteiger partial charge in [0.2, 0.25) is 0 Å². The van der Waals surface area contributed by atoms with Gasteiger partial charge in [-0.1, -0.05) is 19.3 Å². The van der Waals surface area contributed by atoms with E-state index in [1.54, 1.807) is 0 Å². The zero-order valence-electron chi connectivity index (χ0n) is 10.3. The normalized spacial score (nSPS) is 19.0. The van der Waals surface area contributed by atoms with Crippen molar-refractivity contribution in [3.63, 3.8) is 0 Å². The van der Waals surface area contributed by atoms with E-state index in [9.17, 15) is 0 Å². The van der Waals surface area contributed by atoms with Gasteiger partial charge in [0, 0.05) is 25.7 Å². The minimum Gasteiger partial charge on any atom is -0.395 e. The fourth-order valence-corrected chi connectivity index (χ4v) is 2.38. The van der Waals surface area contributed by atoms with E-state index in [4.69, 9.17) is 5.11 Å². The Kier molecular flexibility index (Phi) is 6.22. The van der Waals surface area contributed by atoms with Crippen LogP contribution in [0.1, 0.15) is 32.1 Å². The Hall–Kier alpha value is -0.120. The molecule has 0 aromatic carbocycles. The molecular formula is C12H26N2O. The summed E-state index contributed by atoms with van der Waals surface area (Å²) in [4.78, 5) is 4.69. The van der Waals surface area contributed by atoms with Crippen LogP contribution < -0.4 is 0 Å². The van der Waals surface area contributed by atoms with Crippen molar-refractivity contribution in [2.75, 3.05) is 40.3 Å². The predicted octanol–water partition coefficient (Wildman–Crippen LogP) is 1.17. The molecule has 0 saturated heterocycles. The van der Waals surface area contributed by atoms with Crippen LogP contribution in [-0.4, -0.2) is 61.3 Å². The van der Waals surface area contributed by atoms with Crippen LogP contribution in [0.5, 0.6) is 0 Å². The van der Waals surface area contributed by atoms with Crippen LogP contribution in [0.3, 0.4) is 0 Å². The van der Waals surface area contributed by atoms with Crippen molar-refractivity contribution < 1.29 is 5.11 Å². The van der Waals surface area contributed by atoms with Crippen molar-refractivity contribution in [1.29, 1.82) is 0 Å². The van der Waals surface area contributed by atoms with Gasteiger partial charge < -0.3 is 10.0 Å². The van der Waals surface area contributed by atoms with E-state index < -0.39 is 0 Å². The van der Waals surface area contributed by atoms with Gasteiger partial charge in [0.15, 0.2) is 0 Å². The molecule has 0 aliphatic heterocycles. The molecule has 1 fully saturated rings. The van der Waals surface area contributed by atoms with Crippen LogP contribution in [0.2, 0.25) is 0 Å². The third-order valence-electron chi connectivity index (χ3n) is 3.31. The first-order valence-electron chi connectivity index (χ1n) is 6.23. The van der Waals surface area contributed by atoms with E-state index in [1.165, 1.54) is 32.1 Å². The molecule has 90 valence electrons. The van der Waals surface area contributed by atoms with E-state index in [2.05, 4.69) is 23.9 Å². The summed E-state index contributed by atoms with van der Waals surface area (Å²) < 4.78 is 0. The molecular weight excluding hydrogens is 188 g/mol. The average Bonchev–Trinajstić information content (AvgIpc) is 2.25. The summed E-state index contributed by atoms with van der Waals surface area (Å²) in [5.41, 5.74) is 0. The highest BCUT2D eigenvalue weighted by molar-refractivity contribution is 4.76. The fraction of sp³-hybridized carbons (Fsp3) is 1.00. The van der Waals surface area contributed by atoms with Gasteiger partial charge in [0.25, 0.3) is 0 Å². The van der Waals surface area contributed by atoms with Crippen LogP contribution in [0.15, 0.2) is 0 Å². The Morgan fingerprint density at radius 2 is 1.67 bits per heavy atom. The van der Waals surface area contributed by atoms with Crippen molar-refractivity contribution in [1.82, 2.24) is 9.80 Å². The summed E-state index contributed by atoms with van der Waals surface area (Å²) in [7, 11) is 4.22. The molecule has 0 bridgehead atoms. The van der Waals surface area contributed by atoms with Crippen LogP contribution in [0.25, 0.3) is 0 Å². The first kappa shape index (κ1) is 12.9. The summed E-state index contributed by atoms with van der Waals surface area (Å²) in [6, 6.07) is 0.728. The predicted molar refractivity (Wildman–Crippen MR) is 64.1 cm³/mol. The molecule has 0 atom stereocenters. The van der Waals surface area contributed by atoms with Crippen LogP contribution in [0.4, 0.5) is 0 Å². The maximum Gasteiger partial charge on any atom is 0.0558 e. The number of aliphatic hydroxyl groups is 1. The minimum absolute atomic E-state index is 0.296. The molecule has 3 heteroatoms. The van der Waals surface area contributed by atoms with E-state index in [0.717, 1.165) is 25.7 Å². The van der Waals surface area contributed by atoms with Gasteiger partial charge in [0.05, 0.1) is 6.61 Å². The van der Waals surface area contributed by atoms with E-state index in [1.807, 2.05) is 0 Å². The molecule has 1 aliphatic carbocycles. The second-order valence-electron chi connectivity index (χ2n) is 4.85. The smallest absolute Gasteiger partial charge is 0.0558 e.